The zero-order chi connectivity index (χ0) is 14.9. The maximum Gasteiger partial charge on any atom is 0.406 e. The van der Waals surface area contributed by atoms with Crippen molar-refractivity contribution in [2.75, 3.05) is 6.54 Å². The molecule has 0 radical (unpaired) electrons. The van der Waals surface area contributed by atoms with E-state index in [-0.39, 0.29) is 16.6 Å². The molecule has 1 heterocycles. The van der Waals surface area contributed by atoms with E-state index in [0.29, 0.717) is 0 Å². The largest absolute Gasteiger partial charge is 0.406 e. The summed E-state index contributed by atoms with van der Waals surface area (Å²) in [5.41, 5.74) is -0.0609. The Morgan fingerprint density at radius 1 is 1.55 bits per heavy atom. The molecule has 7 heteroatoms. The number of alkyl halides is 3. The van der Waals surface area contributed by atoms with Gasteiger partial charge in [-0.2, -0.15) is 13.2 Å². The molecule has 0 bridgehead atoms. The van der Waals surface area contributed by atoms with E-state index in [2.05, 4.69) is 4.98 Å². The highest BCUT2D eigenvalue weighted by Gasteiger charge is 2.41. The molecule has 1 unspecified atom stereocenters. The van der Waals surface area contributed by atoms with Gasteiger partial charge < -0.3 is 4.90 Å². The predicted octanol–water partition coefficient (Wildman–Crippen LogP) is 3.54. The van der Waals surface area contributed by atoms with Crippen LogP contribution in [0.15, 0.2) is 18.3 Å². The molecule has 2 rings (SSSR count). The van der Waals surface area contributed by atoms with E-state index in [1.807, 2.05) is 0 Å². The molecule has 3 nitrogen and oxygen atoms in total. The van der Waals surface area contributed by atoms with Crippen LogP contribution in [0, 0.1) is 5.92 Å². The van der Waals surface area contributed by atoms with Crippen molar-refractivity contribution >= 4 is 17.5 Å². The smallest absolute Gasteiger partial charge is 0.325 e. The number of hydrogen-bond donors (Lipinski definition) is 0. The fourth-order valence-electron chi connectivity index (χ4n) is 2.10. The molecule has 1 atom stereocenters. The van der Waals surface area contributed by atoms with Crippen LogP contribution in [0.1, 0.15) is 30.3 Å². The second-order valence-electron chi connectivity index (χ2n) is 4.99. The molecule has 1 aromatic rings. The third kappa shape index (κ3) is 3.85. The molecular weight excluding hydrogens is 293 g/mol. The van der Waals surface area contributed by atoms with Crippen molar-refractivity contribution in [2.45, 2.75) is 32.0 Å². The SMILES string of the molecule is CC(C1CC1)N(CC(F)(F)F)C(=O)c1cc(Cl)ccn1. The quantitative estimate of drug-likeness (QED) is 0.852. The van der Waals surface area contributed by atoms with Crippen LogP contribution in [0.4, 0.5) is 13.2 Å². The normalized spacial score (nSPS) is 16.9. The number of nitrogens with zero attached hydrogens (tertiary/aromatic N) is 2. The van der Waals surface area contributed by atoms with E-state index in [0.717, 1.165) is 17.7 Å². The van der Waals surface area contributed by atoms with E-state index in [1.165, 1.54) is 18.3 Å². The number of aromatic nitrogens is 1. The molecule has 1 amide bonds. The zero-order valence-corrected chi connectivity index (χ0v) is 11.6. The van der Waals surface area contributed by atoms with Crippen LogP contribution in [0.5, 0.6) is 0 Å². The fraction of sp³-hybridized carbons (Fsp3) is 0.538. The number of rotatable bonds is 4. The Hall–Kier alpha value is -1.30. The number of carbonyl (C=O) groups excluding carboxylic acids is 1. The summed E-state index contributed by atoms with van der Waals surface area (Å²) in [6.45, 7) is 0.379. The lowest BCUT2D eigenvalue weighted by atomic mass is 10.1. The van der Waals surface area contributed by atoms with Gasteiger partial charge in [0.1, 0.15) is 12.2 Å². The number of hydrogen-bond acceptors (Lipinski definition) is 2. The van der Waals surface area contributed by atoms with Crippen LogP contribution < -0.4 is 0 Å². The van der Waals surface area contributed by atoms with Crippen molar-refractivity contribution in [3.63, 3.8) is 0 Å². The molecule has 0 aliphatic heterocycles. The van der Waals surface area contributed by atoms with Crippen LogP contribution >= 0.6 is 11.6 Å². The van der Waals surface area contributed by atoms with E-state index in [9.17, 15) is 18.0 Å². The molecule has 1 aromatic heterocycles. The first-order valence-electron chi connectivity index (χ1n) is 6.27. The minimum atomic E-state index is -4.43. The molecule has 0 N–H and O–H groups in total. The van der Waals surface area contributed by atoms with Gasteiger partial charge in [-0.3, -0.25) is 9.78 Å². The Balaban J connectivity index is 2.23. The summed E-state index contributed by atoms with van der Waals surface area (Å²) in [4.78, 5) is 16.9. The maximum absolute atomic E-state index is 12.7. The van der Waals surface area contributed by atoms with Gasteiger partial charge in [-0.25, -0.2) is 0 Å². The molecule has 1 saturated carbocycles. The predicted molar refractivity (Wildman–Crippen MR) is 68.5 cm³/mol. The van der Waals surface area contributed by atoms with Gasteiger partial charge in [0.25, 0.3) is 5.91 Å². The Kier molecular flexibility index (Phi) is 4.22. The number of amides is 1. The molecule has 1 fully saturated rings. The van der Waals surface area contributed by atoms with Gasteiger partial charge in [0.05, 0.1) is 0 Å². The summed E-state index contributed by atoms with van der Waals surface area (Å²) < 4.78 is 38.0. The van der Waals surface area contributed by atoms with Crippen molar-refractivity contribution in [3.8, 4) is 0 Å². The third-order valence-electron chi connectivity index (χ3n) is 3.35. The summed E-state index contributed by atoms with van der Waals surface area (Å²) in [7, 11) is 0. The monoisotopic (exact) mass is 306 g/mol. The summed E-state index contributed by atoms with van der Waals surface area (Å²) in [5, 5.41) is 0.273. The van der Waals surface area contributed by atoms with Gasteiger partial charge in [-0.1, -0.05) is 11.6 Å². The Morgan fingerprint density at radius 3 is 2.70 bits per heavy atom. The first-order valence-corrected chi connectivity index (χ1v) is 6.65. The van der Waals surface area contributed by atoms with Crippen molar-refractivity contribution in [1.29, 1.82) is 0 Å². The highest BCUT2D eigenvalue weighted by Crippen LogP contribution is 2.36. The third-order valence-corrected chi connectivity index (χ3v) is 3.58. The lowest BCUT2D eigenvalue weighted by molar-refractivity contribution is -0.144. The van der Waals surface area contributed by atoms with Crippen LogP contribution in [0.2, 0.25) is 5.02 Å². The Bertz CT molecular complexity index is 503. The van der Waals surface area contributed by atoms with Gasteiger partial charge in [0, 0.05) is 17.3 Å². The minimum absolute atomic E-state index is 0.0609. The summed E-state index contributed by atoms with van der Waals surface area (Å²) in [5.74, 6) is -0.593. The molecule has 20 heavy (non-hydrogen) atoms. The Morgan fingerprint density at radius 2 is 2.20 bits per heavy atom. The van der Waals surface area contributed by atoms with Crippen molar-refractivity contribution < 1.29 is 18.0 Å². The summed E-state index contributed by atoms with van der Waals surface area (Å²) in [6.07, 6.45) is -1.42. The topological polar surface area (TPSA) is 33.2 Å². The van der Waals surface area contributed by atoms with E-state index >= 15 is 0 Å². The first kappa shape index (κ1) is 15.1. The average molecular weight is 307 g/mol. The highest BCUT2D eigenvalue weighted by atomic mass is 35.5. The molecule has 0 saturated heterocycles. The highest BCUT2D eigenvalue weighted by molar-refractivity contribution is 6.30. The van der Waals surface area contributed by atoms with Gasteiger partial charge in [0.2, 0.25) is 0 Å². The molecule has 0 aromatic carbocycles. The average Bonchev–Trinajstić information content (AvgIpc) is 3.17. The lowest BCUT2D eigenvalue weighted by Crippen LogP contribution is -2.45. The molecule has 0 spiro atoms. The van der Waals surface area contributed by atoms with Gasteiger partial charge in [-0.15, -0.1) is 0 Å². The first-order chi connectivity index (χ1) is 9.28. The maximum atomic E-state index is 12.7. The minimum Gasteiger partial charge on any atom is -0.325 e. The fourth-order valence-corrected chi connectivity index (χ4v) is 2.26. The van der Waals surface area contributed by atoms with Crippen LogP contribution in [0.3, 0.4) is 0 Å². The van der Waals surface area contributed by atoms with Crippen LogP contribution in [0.25, 0.3) is 0 Å². The number of halogens is 4. The zero-order valence-electron chi connectivity index (χ0n) is 10.8. The van der Waals surface area contributed by atoms with Crippen molar-refractivity contribution in [2.24, 2.45) is 5.92 Å². The standard InChI is InChI=1S/C13H14ClF3N2O/c1-8(9-2-3-9)19(7-13(15,16)17)12(20)11-6-10(14)4-5-18-11/h4-6,8-9H,2-3,7H2,1H3. The molecular formula is C13H14ClF3N2O. The lowest BCUT2D eigenvalue weighted by Gasteiger charge is -2.30. The van der Waals surface area contributed by atoms with E-state index in [4.69, 9.17) is 11.6 Å². The second kappa shape index (κ2) is 5.60. The second-order valence-corrected chi connectivity index (χ2v) is 5.42. The van der Waals surface area contributed by atoms with E-state index < -0.39 is 24.7 Å². The van der Waals surface area contributed by atoms with Crippen molar-refractivity contribution in [1.82, 2.24) is 9.88 Å². The van der Waals surface area contributed by atoms with Crippen molar-refractivity contribution in [3.05, 3.63) is 29.0 Å². The molecule has 110 valence electrons. The van der Waals surface area contributed by atoms with Gasteiger partial charge in [-0.05, 0) is 37.8 Å². The van der Waals surface area contributed by atoms with E-state index in [1.54, 1.807) is 6.92 Å². The summed E-state index contributed by atoms with van der Waals surface area (Å²) in [6, 6.07) is 2.30. The Labute approximate surface area is 119 Å². The van der Waals surface area contributed by atoms with Gasteiger partial charge >= 0.3 is 6.18 Å². The van der Waals surface area contributed by atoms with Gasteiger partial charge in [0.15, 0.2) is 0 Å². The number of pyridine rings is 1. The summed E-state index contributed by atoms with van der Waals surface area (Å²) >= 11 is 5.75. The van der Waals surface area contributed by atoms with Crippen LogP contribution in [-0.2, 0) is 0 Å². The number of carbonyl (C=O) groups is 1. The molecule has 1 aliphatic rings. The van der Waals surface area contributed by atoms with Crippen LogP contribution in [-0.4, -0.2) is 34.6 Å². The molecule has 1 aliphatic carbocycles.